The van der Waals surface area contributed by atoms with E-state index in [0.717, 1.165) is 5.69 Å². The summed E-state index contributed by atoms with van der Waals surface area (Å²) >= 11 is 6.31. The fourth-order valence-corrected chi connectivity index (χ4v) is 3.85. The van der Waals surface area contributed by atoms with Gasteiger partial charge in [0.1, 0.15) is 0 Å². The van der Waals surface area contributed by atoms with Gasteiger partial charge in [-0.3, -0.25) is 9.59 Å². The molecular formula is C24H22ClN3O2. The second-order valence-corrected chi connectivity index (χ2v) is 7.50. The van der Waals surface area contributed by atoms with Crippen LogP contribution in [0.4, 0.5) is 11.4 Å². The van der Waals surface area contributed by atoms with Crippen molar-refractivity contribution >= 4 is 34.8 Å². The second-order valence-electron chi connectivity index (χ2n) is 7.10. The van der Waals surface area contributed by atoms with Gasteiger partial charge in [-0.25, -0.2) is 0 Å². The topological polar surface area (TPSA) is 52.7 Å². The van der Waals surface area contributed by atoms with Crippen LogP contribution in [0.15, 0.2) is 78.9 Å². The number of carbonyl (C=O) groups is 2. The minimum absolute atomic E-state index is 0.0854. The Morgan fingerprint density at radius 1 is 0.767 bits per heavy atom. The van der Waals surface area contributed by atoms with Gasteiger partial charge in [0.15, 0.2) is 0 Å². The number of rotatable bonds is 4. The highest BCUT2D eigenvalue weighted by Crippen LogP contribution is 2.27. The van der Waals surface area contributed by atoms with Crippen molar-refractivity contribution in [3.63, 3.8) is 0 Å². The Labute approximate surface area is 180 Å². The highest BCUT2D eigenvalue weighted by atomic mass is 35.5. The van der Waals surface area contributed by atoms with Gasteiger partial charge in [0, 0.05) is 31.7 Å². The lowest BCUT2D eigenvalue weighted by atomic mass is 10.1. The molecule has 1 heterocycles. The maximum absolute atomic E-state index is 13.2. The zero-order valence-corrected chi connectivity index (χ0v) is 17.2. The molecule has 0 radical (unpaired) electrons. The van der Waals surface area contributed by atoms with E-state index in [2.05, 4.69) is 10.2 Å². The van der Waals surface area contributed by atoms with Gasteiger partial charge in [0.2, 0.25) is 0 Å². The molecule has 0 aromatic heterocycles. The molecule has 3 aromatic carbocycles. The van der Waals surface area contributed by atoms with E-state index in [1.807, 2.05) is 59.5 Å². The summed E-state index contributed by atoms with van der Waals surface area (Å²) in [6.07, 6.45) is 0. The third kappa shape index (κ3) is 4.31. The first-order valence-corrected chi connectivity index (χ1v) is 10.3. The van der Waals surface area contributed by atoms with Crippen LogP contribution in [-0.4, -0.2) is 42.9 Å². The van der Waals surface area contributed by atoms with Crippen molar-refractivity contribution in [2.45, 2.75) is 0 Å². The number of carbonyl (C=O) groups excluding carboxylic acids is 2. The van der Waals surface area contributed by atoms with Crippen LogP contribution in [0, 0.1) is 0 Å². The van der Waals surface area contributed by atoms with E-state index in [-0.39, 0.29) is 11.8 Å². The van der Waals surface area contributed by atoms with Crippen LogP contribution in [0.2, 0.25) is 5.02 Å². The van der Waals surface area contributed by atoms with Gasteiger partial charge >= 0.3 is 0 Å². The number of amides is 2. The fourth-order valence-electron chi connectivity index (χ4n) is 3.59. The van der Waals surface area contributed by atoms with E-state index < -0.39 is 0 Å². The van der Waals surface area contributed by atoms with Crippen molar-refractivity contribution in [3.05, 3.63) is 95.0 Å². The van der Waals surface area contributed by atoms with Crippen LogP contribution >= 0.6 is 11.6 Å². The predicted octanol–water partition coefficient (Wildman–Crippen LogP) is 4.55. The average molecular weight is 420 g/mol. The maximum Gasteiger partial charge on any atom is 0.256 e. The summed E-state index contributed by atoms with van der Waals surface area (Å²) in [5, 5.41) is 3.59. The molecule has 0 spiro atoms. The molecule has 0 saturated carbocycles. The molecule has 1 N–H and O–H groups in total. The Bertz CT molecular complexity index is 1050. The van der Waals surface area contributed by atoms with E-state index in [1.165, 1.54) is 0 Å². The Morgan fingerprint density at radius 3 is 2.13 bits per heavy atom. The van der Waals surface area contributed by atoms with Crippen molar-refractivity contribution in [3.8, 4) is 0 Å². The Hall–Kier alpha value is -3.31. The highest BCUT2D eigenvalue weighted by Gasteiger charge is 2.25. The number of halogens is 1. The van der Waals surface area contributed by atoms with E-state index in [9.17, 15) is 9.59 Å². The number of piperazine rings is 1. The zero-order chi connectivity index (χ0) is 20.9. The van der Waals surface area contributed by atoms with Gasteiger partial charge in [-0.05, 0) is 36.4 Å². The van der Waals surface area contributed by atoms with E-state index >= 15 is 0 Å². The van der Waals surface area contributed by atoms with E-state index in [4.69, 9.17) is 11.6 Å². The summed E-state index contributed by atoms with van der Waals surface area (Å²) in [7, 11) is 0. The molecule has 0 aliphatic carbocycles. The minimum Gasteiger partial charge on any atom is -0.367 e. The third-order valence-corrected chi connectivity index (χ3v) is 5.52. The molecule has 4 rings (SSSR count). The molecule has 6 heteroatoms. The molecule has 152 valence electrons. The smallest absolute Gasteiger partial charge is 0.256 e. The van der Waals surface area contributed by atoms with Crippen LogP contribution in [-0.2, 0) is 0 Å². The molecule has 30 heavy (non-hydrogen) atoms. The molecule has 0 unspecified atom stereocenters. The van der Waals surface area contributed by atoms with Crippen molar-refractivity contribution in [2.75, 3.05) is 36.4 Å². The van der Waals surface area contributed by atoms with Crippen molar-refractivity contribution in [1.29, 1.82) is 0 Å². The average Bonchev–Trinajstić information content (AvgIpc) is 2.80. The van der Waals surface area contributed by atoms with E-state index in [1.54, 1.807) is 24.3 Å². The van der Waals surface area contributed by atoms with Crippen LogP contribution in [0.25, 0.3) is 0 Å². The predicted molar refractivity (Wildman–Crippen MR) is 120 cm³/mol. The molecule has 3 aromatic rings. The first kappa shape index (κ1) is 20.0. The van der Waals surface area contributed by atoms with Gasteiger partial charge in [-0.2, -0.15) is 0 Å². The van der Waals surface area contributed by atoms with Gasteiger partial charge in [-0.15, -0.1) is 0 Å². The number of hydrogen-bond acceptors (Lipinski definition) is 3. The summed E-state index contributed by atoms with van der Waals surface area (Å²) in [5.74, 6) is -0.322. The van der Waals surface area contributed by atoms with Gasteiger partial charge in [0.25, 0.3) is 11.8 Å². The number of benzene rings is 3. The molecule has 2 amide bonds. The fraction of sp³-hybridized carbons (Fsp3) is 0.167. The number of hydrogen-bond donors (Lipinski definition) is 1. The number of nitrogens with zero attached hydrogens (tertiary/aromatic N) is 2. The van der Waals surface area contributed by atoms with Crippen molar-refractivity contribution in [2.24, 2.45) is 0 Å². The molecule has 1 saturated heterocycles. The zero-order valence-electron chi connectivity index (χ0n) is 16.4. The monoisotopic (exact) mass is 419 g/mol. The van der Waals surface area contributed by atoms with Gasteiger partial charge in [0.05, 0.1) is 22.0 Å². The second kappa shape index (κ2) is 9.01. The first-order valence-electron chi connectivity index (χ1n) is 9.87. The molecular weight excluding hydrogens is 398 g/mol. The molecule has 1 aliphatic heterocycles. The van der Waals surface area contributed by atoms with Crippen LogP contribution < -0.4 is 10.2 Å². The van der Waals surface area contributed by atoms with Crippen LogP contribution in [0.5, 0.6) is 0 Å². The standard InChI is InChI=1S/C24H22ClN3O2/c25-20-11-5-7-13-22(20)27-14-16-28(17-15-27)24(30)19-10-4-6-12-21(19)26-23(29)18-8-2-1-3-9-18/h1-13H,14-17H2,(H,26,29). The quantitative estimate of drug-likeness (QED) is 0.674. The van der Waals surface area contributed by atoms with Crippen molar-refractivity contribution < 1.29 is 9.59 Å². The Kier molecular flexibility index (Phi) is 6.00. The largest absolute Gasteiger partial charge is 0.367 e. The SMILES string of the molecule is O=C(Nc1ccccc1C(=O)N1CCN(c2ccccc2Cl)CC1)c1ccccc1. The summed E-state index contributed by atoms with van der Waals surface area (Å²) in [4.78, 5) is 29.7. The lowest BCUT2D eigenvalue weighted by Gasteiger charge is -2.36. The van der Waals surface area contributed by atoms with Gasteiger partial charge < -0.3 is 15.1 Å². The Balaban J connectivity index is 1.46. The minimum atomic E-state index is -0.237. The normalized spacial score (nSPS) is 13.8. The number of para-hydroxylation sites is 2. The number of anilines is 2. The maximum atomic E-state index is 13.2. The first-order chi connectivity index (χ1) is 14.6. The summed E-state index contributed by atoms with van der Waals surface area (Å²) in [5.41, 5.74) is 2.55. The van der Waals surface area contributed by atoms with Crippen molar-refractivity contribution in [1.82, 2.24) is 4.90 Å². The van der Waals surface area contributed by atoms with Crippen LogP contribution in [0.1, 0.15) is 20.7 Å². The summed E-state index contributed by atoms with van der Waals surface area (Å²) in [6, 6.07) is 23.8. The number of nitrogens with one attached hydrogen (secondary N) is 1. The summed E-state index contributed by atoms with van der Waals surface area (Å²) in [6.45, 7) is 2.58. The summed E-state index contributed by atoms with van der Waals surface area (Å²) < 4.78 is 0. The van der Waals surface area contributed by atoms with E-state index in [0.29, 0.717) is 48.0 Å². The Morgan fingerprint density at radius 2 is 1.40 bits per heavy atom. The molecule has 0 atom stereocenters. The molecule has 1 fully saturated rings. The molecule has 5 nitrogen and oxygen atoms in total. The lowest BCUT2D eigenvalue weighted by molar-refractivity contribution is 0.0748. The molecule has 0 bridgehead atoms. The van der Waals surface area contributed by atoms with Crippen LogP contribution in [0.3, 0.4) is 0 Å². The lowest BCUT2D eigenvalue weighted by Crippen LogP contribution is -2.49. The van der Waals surface area contributed by atoms with Gasteiger partial charge in [-0.1, -0.05) is 54.1 Å². The third-order valence-electron chi connectivity index (χ3n) is 5.20. The molecule has 1 aliphatic rings. The highest BCUT2D eigenvalue weighted by molar-refractivity contribution is 6.33.